The molecule has 0 saturated carbocycles. The average Bonchev–Trinajstić information content (AvgIpc) is 3.03. The first-order valence-corrected chi connectivity index (χ1v) is 8.46. The van der Waals surface area contributed by atoms with Crippen LogP contribution in [0.15, 0.2) is 36.5 Å². The number of carbonyl (C=O) groups excluding carboxylic acids is 2. The van der Waals surface area contributed by atoms with Crippen LogP contribution in [0.1, 0.15) is 29.6 Å². The van der Waals surface area contributed by atoms with Crippen molar-refractivity contribution in [1.29, 1.82) is 0 Å². The molecule has 1 aromatic heterocycles. The van der Waals surface area contributed by atoms with E-state index in [1.165, 1.54) is 0 Å². The summed E-state index contributed by atoms with van der Waals surface area (Å²) in [5.74, 6) is -0.190. The number of amides is 2. The molecule has 0 radical (unpaired) electrons. The lowest BCUT2D eigenvalue weighted by atomic mass is 9.91. The summed E-state index contributed by atoms with van der Waals surface area (Å²) in [6.07, 6.45) is 3.46. The van der Waals surface area contributed by atoms with E-state index in [0.29, 0.717) is 18.7 Å². The molecule has 2 amide bonds. The largest absolute Gasteiger partial charge is 0.382 e. The number of nitrogens with one attached hydrogen (secondary N) is 1. The first-order chi connectivity index (χ1) is 12.1. The molecular weight excluding hydrogens is 318 g/mol. The summed E-state index contributed by atoms with van der Waals surface area (Å²) in [6.45, 7) is 0.958. The van der Waals surface area contributed by atoms with Crippen molar-refractivity contribution in [2.75, 3.05) is 27.3 Å². The third kappa shape index (κ3) is 3.35. The number of likely N-dealkylation sites (tertiary alicyclic amines) is 1. The Labute approximate surface area is 147 Å². The lowest BCUT2D eigenvalue weighted by molar-refractivity contribution is -0.123. The van der Waals surface area contributed by atoms with Gasteiger partial charge in [-0.1, -0.05) is 18.2 Å². The molecule has 1 aromatic carbocycles. The fourth-order valence-corrected chi connectivity index (χ4v) is 3.64. The molecule has 0 spiro atoms. The van der Waals surface area contributed by atoms with Crippen molar-refractivity contribution >= 4 is 22.7 Å². The number of para-hydroxylation sites is 1. The molecule has 0 unspecified atom stereocenters. The highest BCUT2D eigenvalue weighted by molar-refractivity contribution is 5.98. The molecule has 2 aromatic rings. The molecule has 6 heteroatoms. The van der Waals surface area contributed by atoms with Gasteiger partial charge in [0.1, 0.15) is 0 Å². The maximum Gasteiger partial charge on any atom is 0.255 e. The second kappa shape index (κ2) is 7.19. The SMILES string of the molecule is CNC(=O)C[C@]1(COC)CCCN1C(=O)c1cnc2ccccc2c1. The van der Waals surface area contributed by atoms with Crippen molar-refractivity contribution in [3.05, 3.63) is 42.1 Å². The van der Waals surface area contributed by atoms with Gasteiger partial charge in [0.2, 0.25) is 5.91 Å². The summed E-state index contributed by atoms with van der Waals surface area (Å²) in [5, 5.41) is 3.58. The second-order valence-corrected chi connectivity index (χ2v) is 6.48. The topological polar surface area (TPSA) is 71.5 Å². The van der Waals surface area contributed by atoms with Crippen LogP contribution in [0.2, 0.25) is 0 Å². The van der Waals surface area contributed by atoms with Crippen LogP contribution in [0, 0.1) is 0 Å². The Balaban J connectivity index is 1.93. The van der Waals surface area contributed by atoms with Crippen LogP contribution in [-0.4, -0.2) is 54.5 Å². The number of ether oxygens (including phenoxy) is 1. The summed E-state index contributed by atoms with van der Waals surface area (Å²) in [5.41, 5.74) is 0.796. The molecule has 1 atom stereocenters. The highest BCUT2D eigenvalue weighted by Crippen LogP contribution is 2.34. The van der Waals surface area contributed by atoms with E-state index in [4.69, 9.17) is 4.74 Å². The van der Waals surface area contributed by atoms with Gasteiger partial charge in [0, 0.05) is 32.3 Å². The zero-order chi connectivity index (χ0) is 17.9. The molecule has 6 nitrogen and oxygen atoms in total. The van der Waals surface area contributed by atoms with Crippen LogP contribution in [0.5, 0.6) is 0 Å². The highest BCUT2D eigenvalue weighted by Gasteiger charge is 2.45. The van der Waals surface area contributed by atoms with Gasteiger partial charge in [0.15, 0.2) is 0 Å². The number of benzene rings is 1. The van der Waals surface area contributed by atoms with Gasteiger partial charge in [-0.05, 0) is 25.0 Å². The van der Waals surface area contributed by atoms with Crippen LogP contribution in [-0.2, 0) is 9.53 Å². The second-order valence-electron chi connectivity index (χ2n) is 6.48. The number of carbonyl (C=O) groups is 2. The van der Waals surface area contributed by atoms with E-state index in [2.05, 4.69) is 10.3 Å². The molecule has 3 rings (SSSR count). The van der Waals surface area contributed by atoms with Crippen molar-refractivity contribution in [1.82, 2.24) is 15.2 Å². The van der Waals surface area contributed by atoms with Gasteiger partial charge in [-0.3, -0.25) is 14.6 Å². The molecule has 1 N–H and O–H groups in total. The number of rotatable bonds is 5. The Morgan fingerprint density at radius 3 is 2.92 bits per heavy atom. The Hall–Kier alpha value is -2.47. The Bertz CT molecular complexity index is 792. The predicted molar refractivity (Wildman–Crippen MR) is 95.3 cm³/mol. The maximum absolute atomic E-state index is 13.1. The molecule has 2 heterocycles. The van der Waals surface area contributed by atoms with E-state index >= 15 is 0 Å². The van der Waals surface area contributed by atoms with Gasteiger partial charge in [0.25, 0.3) is 5.91 Å². The first kappa shape index (κ1) is 17.4. The third-order valence-corrected chi connectivity index (χ3v) is 4.86. The first-order valence-electron chi connectivity index (χ1n) is 8.46. The Morgan fingerprint density at radius 1 is 1.36 bits per heavy atom. The van der Waals surface area contributed by atoms with Crippen LogP contribution >= 0.6 is 0 Å². The van der Waals surface area contributed by atoms with Crippen molar-refractivity contribution < 1.29 is 14.3 Å². The minimum atomic E-state index is -0.600. The van der Waals surface area contributed by atoms with E-state index in [1.807, 2.05) is 30.3 Å². The van der Waals surface area contributed by atoms with Crippen LogP contribution in [0.4, 0.5) is 0 Å². The lowest BCUT2D eigenvalue weighted by Crippen LogP contribution is -2.52. The number of fused-ring (bicyclic) bond motifs is 1. The average molecular weight is 341 g/mol. The fourth-order valence-electron chi connectivity index (χ4n) is 3.64. The molecule has 1 aliphatic rings. The van der Waals surface area contributed by atoms with Crippen molar-refractivity contribution in [2.24, 2.45) is 0 Å². The van der Waals surface area contributed by atoms with Gasteiger partial charge >= 0.3 is 0 Å². The van der Waals surface area contributed by atoms with Crippen molar-refractivity contribution in [2.45, 2.75) is 24.8 Å². The number of hydrogen-bond acceptors (Lipinski definition) is 4. The van der Waals surface area contributed by atoms with Crippen LogP contribution < -0.4 is 5.32 Å². The number of nitrogens with zero attached hydrogens (tertiary/aromatic N) is 2. The molecule has 1 saturated heterocycles. The van der Waals surface area contributed by atoms with Gasteiger partial charge < -0.3 is 15.0 Å². The summed E-state index contributed by atoms with van der Waals surface area (Å²) < 4.78 is 5.37. The third-order valence-electron chi connectivity index (χ3n) is 4.86. The standard InChI is InChI=1S/C19H23N3O3/c1-20-17(23)11-19(13-25-2)8-5-9-22(19)18(24)15-10-14-6-3-4-7-16(14)21-12-15/h3-4,6-7,10,12H,5,8-9,11,13H2,1-2H3,(H,20,23)/t19-/m0/s1. The van der Waals surface area contributed by atoms with E-state index in [1.54, 1.807) is 25.3 Å². The summed E-state index contributed by atoms with van der Waals surface area (Å²) in [7, 11) is 3.21. The van der Waals surface area contributed by atoms with Crippen molar-refractivity contribution in [3.8, 4) is 0 Å². The summed E-state index contributed by atoms with van der Waals surface area (Å²) >= 11 is 0. The normalized spacial score (nSPS) is 20.0. The van der Waals surface area contributed by atoms with Gasteiger partial charge in [-0.25, -0.2) is 0 Å². The molecular formula is C19H23N3O3. The minimum Gasteiger partial charge on any atom is -0.382 e. The van der Waals surface area contributed by atoms with Gasteiger partial charge in [0.05, 0.1) is 29.6 Å². The number of methoxy groups -OCH3 is 1. The van der Waals surface area contributed by atoms with Gasteiger partial charge in [-0.15, -0.1) is 0 Å². The van der Waals surface area contributed by atoms with E-state index < -0.39 is 5.54 Å². The van der Waals surface area contributed by atoms with Crippen LogP contribution in [0.3, 0.4) is 0 Å². The zero-order valence-corrected chi connectivity index (χ0v) is 14.6. The molecule has 1 fully saturated rings. The number of hydrogen-bond donors (Lipinski definition) is 1. The summed E-state index contributed by atoms with van der Waals surface area (Å²) in [4.78, 5) is 31.3. The monoisotopic (exact) mass is 341 g/mol. The van der Waals surface area contributed by atoms with Crippen molar-refractivity contribution in [3.63, 3.8) is 0 Å². The molecule has 25 heavy (non-hydrogen) atoms. The Kier molecular flexibility index (Phi) is 4.99. The molecule has 1 aliphatic heterocycles. The quantitative estimate of drug-likeness (QED) is 0.903. The van der Waals surface area contributed by atoms with E-state index in [0.717, 1.165) is 23.7 Å². The molecule has 0 aliphatic carbocycles. The van der Waals surface area contributed by atoms with Crippen LogP contribution in [0.25, 0.3) is 10.9 Å². The minimum absolute atomic E-state index is 0.0895. The fraction of sp³-hybridized carbons (Fsp3) is 0.421. The predicted octanol–water partition coefficient (Wildman–Crippen LogP) is 1.99. The lowest BCUT2D eigenvalue weighted by Gasteiger charge is -2.37. The molecule has 0 bridgehead atoms. The van der Waals surface area contributed by atoms with E-state index in [9.17, 15) is 9.59 Å². The smallest absolute Gasteiger partial charge is 0.255 e. The zero-order valence-electron chi connectivity index (χ0n) is 14.6. The Morgan fingerprint density at radius 2 is 2.16 bits per heavy atom. The summed E-state index contributed by atoms with van der Waals surface area (Å²) in [6, 6.07) is 9.57. The molecule has 132 valence electrons. The number of pyridine rings is 1. The van der Waals surface area contributed by atoms with E-state index in [-0.39, 0.29) is 18.2 Å². The number of aromatic nitrogens is 1. The highest BCUT2D eigenvalue weighted by atomic mass is 16.5. The van der Waals surface area contributed by atoms with Gasteiger partial charge in [-0.2, -0.15) is 0 Å². The maximum atomic E-state index is 13.1.